The Hall–Kier alpha value is -3.47. The highest BCUT2D eigenvalue weighted by Gasteiger charge is 2.32. The van der Waals surface area contributed by atoms with E-state index in [9.17, 15) is 22.8 Å². The molecule has 0 aliphatic carbocycles. The minimum atomic E-state index is -4.46. The average molecular weight is 490 g/mol. The summed E-state index contributed by atoms with van der Waals surface area (Å²) in [7, 11) is -4.46. The van der Waals surface area contributed by atoms with Crippen LogP contribution in [0, 0.1) is 0 Å². The molecule has 0 aliphatic heterocycles. The van der Waals surface area contributed by atoms with Gasteiger partial charge in [0.05, 0.1) is 20.8 Å². The third-order valence-corrected chi connectivity index (χ3v) is 7.23. The van der Waals surface area contributed by atoms with Crippen LogP contribution in [0.15, 0.2) is 80.8 Å². The zero-order valence-electron chi connectivity index (χ0n) is 15.9. The summed E-state index contributed by atoms with van der Waals surface area (Å²) in [4.78, 5) is 35.1. The number of hydrogen-bond donors (Lipinski definition) is 1. The standard InChI is InChI=1S/C21H12ClNO7S2/c22-14-5-1-12(2-6-14)19(24)23(15-7-10-17-18(11-15)31-21(27)30-17)32(28,29)16-8-3-13(4-9-16)20(25)26/h1-11H,(H,25,26). The summed E-state index contributed by atoms with van der Waals surface area (Å²) in [5.41, 5.74) is 0.187. The van der Waals surface area contributed by atoms with Gasteiger partial charge in [0.1, 0.15) is 5.58 Å². The number of amides is 1. The molecule has 1 heterocycles. The molecule has 0 atom stereocenters. The minimum absolute atomic E-state index is 0.0168. The van der Waals surface area contributed by atoms with Crippen molar-refractivity contribution in [3.63, 3.8) is 0 Å². The molecule has 0 saturated carbocycles. The Balaban J connectivity index is 1.89. The van der Waals surface area contributed by atoms with Crippen LogP contribution in [-0.4, -0.2) is 25.4 Å². The third-order valence-electron chi connectivity index (χ3n) is 4.46. The Morgan fingerprint density at radius 2 is 1.56 bits per heavy atom. The van der Waals surface area contributed by atoms with Gasteiger partial charge in [0.2, 0.25) is 0 Å². The number of carboxylic acids is 1. The predicted octanol–water partition coefficient (Wildman–Crippen LogP) is 4.24. The van der Waals surface area contributed by atoms with E-state index in [2.05, 4.69) is 0 Å². The van der Waals surface area contributed by atoms with Crippen molar-refractivity contribution < 1.29 is 27.5 Å². The molecule has 1 amide bonds. The molecular weight excluding hydrogens is 478 g/mol. The van der Waals surface area contributed by atoms with Crippen molar-refractivity contribution in [1.82, 2.24) is 0 Å². The van der Waals surface area contributed by atoms with Crippen LogP contribution in [-0.2, 0) is 10.0 Å². The number of carbonyl (C=O) groups excluding carboxylic acids is 1. The van der Waals surface area contributed by atoms with Crippen molar-refractivity contribution in [2.75, 3.05) is 4.31 Å². The molecule has 1 aromatic heterocycles. The van der Waals surface area contributed by atoms with Crippen LogP contribution in [0.2, 0.25) is 5.02 Å². The number of carbonyl (C=O) groups is 2. The maximum atomic E-state index is 13.5. The van der Waals surface area contributed by atoms with E-state index in [1.165, 1.54) is 42.5 Å². The number of anilines is 1. The largest absolute Gasteiger partial charge is 0.478 e. The summed E-state index contributed by atoms with van der Waals surface area (Å²) in [5.74, 6) is -2.08. The fourth-order valence-electron chi connectivity index (χ4n) is 2.94. The van der Waals surface area contributed by atoms with Gasteiger partial charge >= 0.3 is 10.9 Å². The van der Waals surface area contributed by atoms with Gasteiger partial charge in [0, 0.05) is 10.6 Å². The van der Waals surface area contributed by atoms with E-state index in [1.54, 1.807) is 0 Å². The molecule has 0 saturated heterocycles. The number of benzene rings is 3. The number of sulfonamides is 1. The van der Waals surface area contributed by atoms with Crippen LogP contribution < -0.4 is 9.24 Å². The third kappa shape index (κ3) is 4.03. The Kier molecular flexibility index (Phi) is 5.59. The van der Waals surface area contributed by atoms with Crippen LogP contribution in [0.25, 0.3) is 10.3 Å². The monoisotopic (exact) mass is 489 g/mol. The Labute approximate surface area is 190 Å². The van der Waals surface area contributed by atoms with Crippen LogP contribution in [0.1, 0.15) is 20.7 Å². The molecule has 3 aromatic carbocycles. The minimum Gasteiger partial charge on any atom is -0.478 e. The molecule has 32 heavy (non-hydrogen) atoms. The van der Waals surface area contributed by atoms with Gasteiger partial charge in [-0.25, -0.2) is 18.0 Å². The zero-order chi connectivity index (χ0) is 23.0. The van der Waals surface area contributed by atoms with Crippen molar-refractivity contribution in [2.45, 2.75) is 4.90 Å². The topological polar surface area (TPSA) is 122 Å². The fraction of sp³-hybridized carbons (Fsp3) is 0. The van der Waals surface area contributed by atoms with Crippen molar-refractivity contribution >= 4 is 60.8 Å². The highest BCUT2D eigenvalue weighted by atomic mass is 35.5. The molecule has 4 rings (SSSR count). The second kappa shape index (κ2) is 8.23. The van der Waals surface area contributed by atoms with Crippen molar-refractivity contribution in [2.24, 2.45) is 0 Å². The zero-order valence-corrected chi connectivity index (χ0v) is 18.3. The molecule has 0 fully saturated rings. The first-order valence-corrected chi connectivity index (χ1v) is 11.5. The van der Waals surface area contributed by atoms with E-state index in [0.717, 1.165) is 35.6 Å². The molecule has 11 heteroatoms. The lowest BCUT2D eigenvalue weighted by Gasteiger charge is -2.23. The van der Waals surface area contributed by atoms with E-state index in [-0.39, 0.29) is 27.3 Å². The summed E-state index contributed by atoms with van der Waals surface area (Å²) >= 11 is 6.64. The van der Waals surface area contributed by atoms with Gasteiger partial charge in [-0.1, -0.05) is 22.9 Å². The number of nitrogens with zero attached hydrogens (tertiary/aromatic N) is 1. The lowest BCUT2D eigenvalue weighted by Crippen LogP contribution is -2.37. The lowest BCUT2D eigenvalue weighted by atomic mass is 10.2. The average Bonchev–Trinajstić information content (AvgIpc) is 3.13. The van der Waals surface area contributed by atoms with Crippen molar-refractivity contribution in [3.05, 3.63) is 92.6 Å². The Morgan fingerprint density at radius 1 is 0.938 bits per heavy atom. The van der Waals surface area contributed by atoms with E-state index in [0.29, 0.717) is 14.0 Å². The highest BCUT2D eigenvalue weighted by molar-refractivity contribution is 7.93. The molecular formula is C21H12ClNO7S2. The Morgan fingerprint density at radius 3 is 2.19 bits per heavy atom. The highest BCUT2D eigenvalue weighted by Crippen LogP contribution is 2.30. The summed E-state index contributed by atoms with van der Waals surface area (Å²) in [6.07, 6.45) is 0. The van der Waals surface area contributed by atoms with Gasteiger partial charge in [-0.05, 0) is 66.7 Å². The van der Waals surface area contributed by atoms with Crippen LogP contribution in [0.3, 0.4) is 0 Å². The molecule has 0 unspecified atom stereocenters. The molecule has 8 nitrogen and oxygen atoms in total. The maximum absolute atomic E-state index is 13.5. The fourth-order valence-corrected chi connectivity index (χ4v) is 5.17. The van der Waals surface area contributed by atoms with Crippen molar-refractivity contribution in [3.8, 4) is 0 Å². The maximum Gasteiger partial charge on any atom is 0.396 e. The number of carboxylic acid groups (broad SMARTS) is 1. The molecule has 0 aliphatic rings. The SMILES string of the molecule is O=C(O)c1ccc(S(=O)(=O)N(C(=O)c2ccc(Cl)cc2)c2ccc3oc(=O)sc3c2)cc1. The van der Waals surface area contributed by atoms with Gasteiger partial charge in [0.25, 0.3) is 15.9 Å². The summed E-state index contributed by atoms with van der Waals surface area (Å²) in [6.45, 7) is 0. The second-order valence-electron chi connectivity index (χ2n) is 6.50. The quantitative estimate of drug-likeness (QED) is 0.444. The van der Waals surface area contributed by atoms with Crippen LogP contribution >= 0.6 is 22.9 Å². The van der Waals surface area contributed by atoms with Gasteiger partial charge in [-0.15, -0.1) is 0 Å². The Bertz CT molecular complexity index is 1500. The summed E-state index contributed by atoms with van der Waals surface area (Å²) in [5, 5.41) is 9.44. The number of hydrogen-bond acceptors (Lipinski definition) is 7. The molecule has 4 aromatic rings. The molecule has 1 N–H and O–H groups in total. The molecule has 0 bridgehead atoms. The number of fused-ring (bicyclic) bond motifs is 1. The van der Waals surface area contributed by atoms with Gasteiger partial charge in [-0.2, -0.15) is 4.31 Å². The normalized spacial score (nSPS) is 11.4. The molecule has 0 spiro atoms. The molecule has 162 valence electrons. The number of rotatable bonds is 5. The first kappa shape index (κ1) is 21.8. The number of aromatic carboxylic acids is 1. The van der Waals surface area contributed by atoms with E-state index >= 15 is 0 Å². The number of halogens is 1. The van der Waals surface area contributed by atoms with Gasteiger partial charge in [0.15, 0.2) is 0 Å². The summed E-state index contributed by atoms with van der Waals surface area (Å²) in [6, 6.07) is 14.2. The second-order valence-corrected chi connectivity index (χ2v) is 9.70. The first-order chi connectivity index (χ1) is 15.2. The smallest absolute Gasteiger partial charge is 0.396 e. The predicted molar refractivity (Wildman–Crippen MR) is 119 cm³/mol. The van der Waals surface area contributed by atoms with Gasteiger partial charge in [-0.3, -0.25) is 4.79 Å². The summed E-state index contributed by atoms with van der Waals surface area (Å²) < 4.78 is 32.9. The van der Waals surface area contributed by atoms with E-state index < -0.39 is 26.8 Å². The lowest BCUT2D eigenvalue weighted by molar-refractivity contribution is 0.0696. The van der Waals surface area contributed by atoms with E-state index in [1.807, 2.05) is 0 Å². The van der Waals surface area contributed by atoms with Crippen LogP contribution in [0.4, 0.5) is 5.69 Å². The van der Waals surface area contributed by atoms with Crippen molar-refractivity contribution in [1.29, 1.82) is 0 Å². The molecule has 0 radical (unpaired) electrons. The van der Waals surface area contributed by atoms with Gasteiger partial charge < -0.3 is 9.52 Å². The van der Waals surface area contributed by atoms with E-state index in [4.69, 9.17) is 21.1 Å². The first-order valence-electron chi connectivity index (χ1n) is 8.89. The van der Waals surface area contributed by atoms with Crippen LogP contribution in [0.5, 0.6) is 0 Å².